The minimum absolute atomic E-state index is 0.242. The molecule has 8 heteroatoms. The summed E-state index contributed by atoms with van der Waals surface area (Å²) in [6, 6.07) is 0. The van der Waals surface area contributed by atoms with Gasteiger partial charge in [0.15, 0.2) is 9.87 Å². The molecular weight excluding hydrogens is 251 g/mol. The van der Waals surface area contributed by atoms with Crippen molar-refractivity contribution in [3.05, 3.63) is 20.8 Å². The third kappa shape index (κ3) is 2.52. The molecule has 0 unspecified atom stereocenters. The summed E-state index contributed by atoms with van der Waals surface area (Å²) in [6.07, 6.45) is 0. The number of ketones is 1. The van der Waals surface area contributed by atoms with Crippen LogP contribution >= 0.6 is 35.0 Å². The van der Waals surface area contributed by atoms with Crippen LogP contribution in [0.4, 0.5) is 0 Å². The number of hydrogen-bond donors (Lipinski definition) is 1. The van der Waals surface area contributed by atoms with E-state index < -0.39 is 21.2 Å². The van der Waals surface area contributed by atoms with Gasteiger partial charge in [0.1, 0.15) is 0 Å². The van der Waals surface area contributed by atoms with E-state index in [0.717, 1.165) is 0 Å². The van der Waals surface area contributed by atoms with Gasteiger partial charge in [-0.3, -0.25) is 14.9 Å². The molecule has 1 N–H and O–H groups in total. The number of thioether (sulfide) groups is 1. The summed E-state index contributed by atoms with van der Waals surface area (Å²) < 4.78 is 0. The van der Waals surface area contributed by atoms with E-state index in [-0.39, 0.29) is 5.03 Å². The third-order valence-electron chi connectivity index (χ3n) is 1.46. The smallest absolute Gasteiger partial charge is 0.344 e. The van der Waals surface area contributed by atoms with Gasteiger partial charge < -0.3 is 5.32 Å². The molecule has 0 saturated carbocycles. The van der Waals surface area contributed by atoms with Crippen LogP contribution in [0.15, 0.2) is 10.7 Å². The molecule has 0 aromatic heterocycles. The molecule has 0 aliphatic carbocycles. The van der Waals surface area contributed by atoms with Gasteiger partial charge in [0.05, 0.1) is 4.92 Å². The van der Waals surface area contributed by atoms with Crippen molar-refractivity contribution in [3.8, 4) is 0 Å². The second kappa shape index (κ2) is 4.86. The van der Waals surface area contributed by atoms with Crippen molar-refractivity contribution >= 4 is 40.7 Å². The molecule has 1 fully saturated rings. The lowest BCUT2D eigenvalue weighted by Crippen LogP contribution is -2.22. The largest absolute Gasteiger partial charge is 0.373 e. The second-order valence-electron chi connectivity index (χ2n) is 2.38. The SMILES string of the molecule is O=C(/C(=C1/NCCS1)[N+](=O)[O-])C(Cl)Cl. The van der Waals surface area contributed by atoms with Gasteiger partial charge >= 0.3 is 5.70 Å². The molecule has 0 aromatic rings. The molecule has 0 radical (unpaired) electrons. The van der Waals surface area contributed by atoms with E-state index in [9.17, 15) is 14.9 Å². The molecular formula is C6H6Cl2N2O3S. The third-order valence-corrected chi connectivity index (χ3v) is 2.89. The summed E-state index contributed by atoms with van der Waals surface area (Å²) in [4.78, 5) is 19.7. The number of carbonyl (C=O) groups is 1. The Morgan fingerprint density at radius 3 is 2.64 bits per heavy atom. The van der Waals surface area contributed by atoms with Crippen LogP contribution in [0.5, 0.6) is 0 Å². The number of allylic oxidation sites excluding steroid dienone is 1. The Balaban J connectivity index is 3.00. The fourth-order valence-electron chi connectivity index (χ4n) is 0.909. The van der Waals surface area contributed by atoms with Crippen LogP contribution in [0.25, 0.3) is 0 Å². The molecule has 14 heavy (non-hydrogen) atoms. The lowest BCUT2D eigenvalue weighted by Gasteiger charge is -2.01. The molecule has 78 valence electrons. The van der Waals surface area contributed by atoms with Crippen molar-refractivity contribution in [2.75, 3.05) is 12.3 Å². The predicted molar refractivity (Wildman–Crippen MR) is 55.0 cm³/mol. The van der Waals surface area contributed by atoms with E-state index in [4.69, 9.17) is 23.2 Å². The molecule has 1 aliphatic heterocycles. The predicted octanol–water partition coefficient (Wildman–Crippen LogP) is 1.14. The van der Waals surface area contributed by atoms with E-state index in [0.29, 0.717) is 12.3 Å². The van der Waals surface area contributed by atoms with Gasteiger partial charge in [-0.2, -0.15) is 0 Å². The summed E-state index contributed by atoms with van der Waals surface area (Å²) in [5.41, 5.74) is -0.553. The molecule has 5 nitrogen and oxygen atoms in total. The molecule has 0 atom stereocenters. The van der Waals surface area contributed by atoms with Crippen molar-refractivity contribution in [3.63, 3.8) is 0 Å². The van der Waals surface area contributed by atoms with Crippen LogP contribution in [0.2, 0.25) is 0 Å². The molecule has 1 heterocycles. The van der Waals surface area contributed by atoms with Gasteiger partial charge in [-0.25, -0.2) is 0 Å². The van der Waals surface area contributed by atoms with Gasteiger partial charge in [0.2, 0.25) is 0 Å². The Kier molecular flexibility index (Phi) is 4.03. The molecule has 0 aromatic carbocycles. The number of Topliss-reactive ketones (excluding diaryl/α,β-unsaturated/α-hetero) is 1. The van der Waals surface area contributed by atoms with Gasteiger partial charge in [0, 0.05) is 12.3 Å². The molecule has 1 rings (SSSR count). The number of carbonyl (C=O) groups excluding carboxylic acids is 1. The highest BCUT2D eigenvalue weighted by atomic mass is 35.5. The highest BCUT2D eigenvalue weighted by Gasteiger charge is 2.33. The normalized spacial score (nSPS) is 19.4. The maximum Gasteiger partial charge on any atom is 0.344 e. The average molecular weight is 257 g/mol. The minimum Gasteiger partial charge on any atom is -0.373 e. The number of rotatable bonds is 3. The molecule has 0 bridgehead atoms. The Morgan fingerprint density at radius 1 is 1.64 bits per heavy atom. The monoisotopic (exact) mass is 256 g/mol. The fraction of sp³-hybridized carbons (Fsp3) is 0.500. The lowest BCUT2D eigenvalue weighted by molar-refractivity contribution is -0.419. The van der Waals surface area contributed by atoms with Crippen LogP contribution in [0, 0.1) is 10.1 Å². The van der Waals surface area contributed by atoms with Crippen LogP contribution in [0.3, 0.4) is 0 Å². The standard InChI is InChI=1S/C6H6Cl2N2O3S/c7-5(8)4(11)3(10(12)13)6-9-1-2-14-6/h5,9H,1-2H2/b6-3+. The zero-order chi connectivity index (χ0) is 10.7. The Bertz CT molecular complexity index is 297. The van der Waals surface area contributed by atoms with Crippen molar-refractivity contribution < 1.29 is 9.72 Å². The Hall–Kier alpha value is -0.460. The zero-order valence-corrected chi connectivity index (χ0v) is 9.16. The summed E-state index contributed by atoms with van der Waals surface area (Å²) >= 11 is 11.8. The Morgan fingerprint density at radius 2 is 2.29 bits per heavy atom. The first-order valence-corrected chi connectivity index (χ1v) is 5.47. The van der Waals surface area contributed by atoms with Crippen LogP contribution in [0.1, 0.15) is 0 Å². The average Bonchev–Trinajstić information content (AvgIpc) is 2.56. The Labute approximate surface area is 94.0 Å². The molecule has 0 amide bonds. The van der Waals surface area contributed by atoms with Gasteiger partial charge in [-0.15, -0.1) is 0 Å². The quantitative estimate of drug-likeness (QED) is 0.355. The summed E-state index contributed by atoms with van der Waals surface area (Å²) in [6.45, 7) is 0.597. The number of halogens is 2. The van der Waals surface area contributed by atoms with Gasteiger partial charge in [-0.05, 0) is 0 Å². The minimum atomic E-state index is -1.40. The topological polar surface area (TPSA) is 72.2 Å². The number of alkyl halides is 2. The lowest BCUT2D eigenvalue weighted by atomic mass is 10.3. The highest BCUT2D eigenvalue weighted by molar-refractivity contribution is 8.03. The van der Waals surface area contributed by atoms with Crippen LogP contribution in [-0.4, -0.2) is 27.8 Å². The first-order chi connectivity index (χ1) is 6.54. The highest BCUT2D eigenvalue weighted by Crippen LogP contribution is 2.24. The van der Waals surface area contributed by atoms with Crippen molar-refractivity contribution in [2.24, 2.45) is 0 Å². The maximum absolute atomic E-state index is 11.3. The number of nitro groups is 1. The van der Waals surface area contributed by atoms with Crippen molar-refractivity contribution in [1.82, 2.24) is 5.32 Å². The van der Waals surface area contributed by atoms with Crippen molar-refractivity contribution in [2.45, 2.75) is 4.84 Å². The number of nitrogens with zero attached hydrogens (tertiary/aromatic N) is 1. The van der Waals surface area contributed by atoms with Crippen molar-refractivity contribution in [1.29, 1.82) is 0 Å². The number of nitrogens with one attached hydrogen (secondary N) is 1. The van der Waals surface area contributed by atoms with E-state index in [1.54, 1.807) is 0 Å². The van der Waals surface area contributed by atoms with Gasteiger partial charge in [0.25, 0.3) is 5.78 Å². The molecule has 1 saturated heterocycles. The van der Waals surface area contributed by atoms with E-state index >= 15 is 0 Å². The zero-order valence-electron chi connectivity index (χ0n) is 6.83. The van der Waals surface area contributed by atoms with E-state index in [2.05, 4.69) is 5.32 Å². The van der Waals surface area contributed by atoms with Gasteiger partial charge in [-0.1, -0.05) is 35.0 Å². The summed E-state index contributed by atoms with van der Waals surface area (Å²) in [7, 11) is 0. The maximum atomic E-state index is 11.3. The van der Waals surface area contributed by atoms with Crippen LogP contribution < -0.4 is 5.32 Å². The summed E-state index contributed by atoms with van der Waals surface area (Å²) in [5, 5.41) is 13.6. The number of hydrogen-bond acceptors (Lipinski definition) is 5. The fourth-order valence-corrected chi connectivity index (χ4v) is 2.04. The van der Waals surface area contributed by atoms with E-state index in [1.165, 1.54) is 11.8 Å². The first kappa shape index (κ1) is 11.6. The van der Waals surface area contributed by atoms with E-state index in [1.807, 2.05) is 0 Å². The first-order valence-electron chi connectivity index (χ1n) is 3.61. The molecule has 1 aliphatic rings. The molecule has 0 spiro atoms. The summed E-state index contributed by atoms with van der Waals surface area (Å²) in [5.74, 6) is -0.190. The van der Waals surface area contributed by atoms with Crippen LogP contribution in [-0.2, 0) is 4.79 Å². The second-order valence-corrected chi connectivity index (χ2v) is 4.58.